The summed E-state index contributed by atoms with van der Waals surface area (Å²) in [6, 6.07) is 9.41. The van der Waals surface area contributed by atoms with Crippen molar-refractivity contribution in [3.8, 4) is 6.07 Å². The van der Waals surface area contributed by atoms with Crippen LogP contribution in [0.25, 0.3) is 0 Å². The number of hydrogen-bond acceptors (Lipinski definition) is 3. The summed E-state index contributed by atoms with van der Waals surface area (Å²) in [5.74, 6) is 0. The molecule has 0 radical (unpaired) electrons. The molecule has 2 heterocycles. The number of epoxide rings is 1. The lowest BCUT2D eigenvalue weighted by atomic mass is 9.88. The van der Waals surface area contributed by atoms with Gasteiger partial charge in [0.25, 0.3) is 0 Å². The van der Waals surface area contributed by atoms with E-state index in [0.717, 1.165) is 5.56 Å². The maximum absolute atomic E-state index is 10.9. The van der Waals surface area contributed by atoms with Crippen molar-refractivity contribution in [2.75, 3.05) is 13.1 Å². The molecule has 1 aromatic rings. The third kappa shape index (κ3) is 1.54. The Kier molecular flexibility index (Phi) is 2.28. The predicted octanol–water partition coefficient (Wildman–Crippen LogP) is 1.54. The summed E-state index contributed by atoms with van der Waals surface area (Å²) in [5, 5.41) is 17.7. The second kappa shape index (κ2) is 3.72. The minimum Gasteiger partial charge on any atom is -0.465 e. The molecule has 0 saturated carbocycles. The maximum atomic E-state index is 10.9. The van der Waals surface area contributed by atoms with Crippen LogP contribution in [0.15, 0.2) is 24.3 Å². The van der Waals surface area contributed by atoms with Crippen LogP contribution in [-0.4, -0.2) is 35.3 Å². The first kappa shape index (κ1) is 11.1. The maximum Gasteiger partial charge on any atom is 0.407 e. The largest absolute Gasteiger partial charge is 0.465 e. The van der Waals surface area contributed by atoms with Crippen LogP contribution in [0.1, 0.15) is 17.5 Å². The van der Waals surface area contributed by atoms with Crippen molar-refractivity contribution in [3.05, 3.63) is 35.4 Å². The van der Waals surface area contributed by atoms with Crippen molar-refractivity contribution in [1.82, 2.24) is 4.90 Å². The third-order valence-corrected chi connectivity index (χ3v) is 3.73. The van der Waals surface area contributed by atoms with Gasteiger partial charge < -0.3 is 14.7 Å². The molecular weight excluding hydrogens is 232 g/mol. The molecule has 5 heteroatoms. The molecule has 2 aliphatic rings. The highest BCUT2D eigenvalue weighted by molar-refractivity contribution is 5.65. The van der Waals surface area contributed by atoms with E-state index in [-0.39, 0.29) is 11.7 Å². The molecule has 2 aliphatic heterocycles. The molecule has 2 atom stereocenters. The van der Waals surface area contributed by atoms with Gasteiger partial charge in [-0.25, -0.2) is 4.79 Å². The number of likely N-dealkylation sites (tertiary alicyclic amines) is 1. The number of carboxylic acid groups (broad SMARTS) is 1. The van der Waals surface area contributed by atoms with Crippen LogP contribution in [0, 0.1) is 11.3 Å². The fraction of sp³-hybridized carbons (Fsp3) is 0.385. The molecule has 1 N–H and O–H groups in total. The number of fused-ring (bicyclic) bond motifs is 1. The highest BCUT2D eigenvalue weighted by atomic mass is 16.6. The van der Waals surface area contributed by atoms with Gasteiger partial charge in [-0.15, -0.1) is 0 Å². The Bertz CT molecular complexity index is 534. The molecule has 2 fully saturated rings. The second-order valence-electron chi connectivity index (χ2n) is 4.66. The van der Waals surface area contributed by atoms with Crippen molar-refractivity contribution >= 4 is 6.09 Å². The van der Waals surface area contributed by atoms with Crippen molar-refractivity contribution in [1.29, 1.82) is 5.26 Å². The molecular formula is C13H12N2O3. The summed E-state index contributed by atoms with van der Waals surface area (Å²) in [7, 11) is 0. The SMILES string of the molecule is N#Cc1ccc([C@]23CCN(C(=O)O)C[C@H]2O3)cc1. The molecule has 3 rings (SSSR count). The number of piperidine rings is 1. The third-order valence-electron chi connectivity index (χ3n) is 3.73. The molecule has 1 amide bonds. The molecule has 0 spiro atoms. The Morgan fingerprint density at radius 3 is 2.78 bits per heavy atom. The zero-order valence-corrected chi connectivity index (χ0v) is 9.67. The van der Waals surface area contributed by atoms with Crippen LogP contribution in [0.5, 0.6) is 0 Å². The fourth-order valence-corrected chi connectivity index (χ4v) is 2.62. The summed E-state index contributed by atoms with van der Waals surface area (Å²) in [4.78, 5) is 12.3. The minimum absolute atomic E-state index is 0.0460. The second-order valence-corrected chi connectivity index (χ2v) is 4.66. The monoisotopic (exact) mass is 244 g/mol. The van der Waals surface area contributed by atoms with Crippen molar-refractivity contribution < 1.29 is 14.6 Å². The molecule has 0 aromatic heterocycles. The van der Waals surface area contributed by atoms with E-state index in [9.17, 15) is 4.79 Å². The lowest BCUT2D eigenvalue weighted by molar-refractivity contribution is 0.136. The van der Waals surface area contributed by atoms with Gasteiger partial charge in [0.1, 0.15) is 11.7 Å². The zero-order valence-electron chi connectivity index (χ0n) is 9.67. The van der Waals surface area contributed by atoms with E-state index in [2.05, 4.69) is 6.07 Å². The van der Waals surface area contributed by atoms with E-state index in [4.69, 9.17) is 15.1 Å². The number of hydrogen-bond donors (Lipinski definition) is 1. The topological polar surface area (TPSA) is 76.9 Å². The lowest BCUT2D eigenvalue weighted by Crippen LogP contribution is -2.41. The summed E-state index contributed by atoms with van der Waals surface area (Å²) in [6.45, 7) is 0.918. The van der Waals surface area contributed by atoms with Gasteiger partial charge in [0.15, 0.2) is 0 Å². The molecule has 0 aliphatic carbocycles. The molecule has 18 heavy (non-hydrogen) atoms. The number of rotatable bonds is 1. The Labute approximate surface area is 104 Å². The molecule has 0 unspecified atom stereocenters. The number of benzene rings is 1. The van der Waals surface area contributed by atoms with E-state index >= 15 is 0 Å². The van der Waals surface area contributed by atoms with Crippen molar-refractivity contribution in [2.45, 2.75) is 18.1 Å². The van der Waals surface area contributed by atoms with Crippen LogP contribution in [0.3, 0.4) is 0 Å². The summed E-state index contributed by atoms with van der Waals surface area (Å²) < 4.78 is 5.72. The average molecular weight is 244 g/mol. The smallest absolute Gasteiger partial charge is 0.407 e. The quantitative estimate of drug-likeness (QED) is 0.760. The molecule has 5 nitrogen and oxygen atoms in total. The lowest BCUT2D eigenvalue weighted by Gasteiger charge is -2.26. The van der Waals surface area contributed by atoms with Gasteiger partial charge in [0, 0.05) is 13.0 Å². The van der Waals surface area contributed by atoms with Gasteiger partial charge in [-0.05, 0) is 17.7 Å². The zero-order chi connectivity index (χ0) is 12.8. The number of carbonyl (C=O) groups is 1. The standard InChI is InChI=1S/C13H12N2O3/c14-7-9-1-3-10(4-2-9)13-5-6-15(12(16)17)8-11(13)18-13/h1-4,11H,5-6,8H2,(H,16,17)/t11-,13-/m1/s1. The first-order valence-corrected chi connectivity index (χ1v) is 5.82. The Hall–Kier alpha value is -2.06. The van der Waals surface area contributed by atoms with Crippen LogP contribution in [-0.2, 0) is 10.3 Å². The van der Waals surface area contributed by atoms with E-state index in [0.29, 0.717) is 25.1 Å². The average Bonchev–Trinajstić information content (AvgIpc) is 3.13. The van der Waals surface area contributed by atoms with Crippen LogP contribution >= 0.6 is 0 Å². The first-order valence-electron chi connectivity index (χ1n) is 5.82. The molecule has 1 aromatic carbocycles. The van der Waals surface area contributed by atoms with E-state index in [1.54, 1.807) is 12.1 Å². The molecule has 2 saturated heterocycles. The normalized spacial score (nSPS) is 29.3. The van der Waals surface area contributed by atoms with Crippen LogP contribution in [0.2, 0.25) is 0 Å². The van der Waals surface area contributed by atoms with Crippen molar-refractivity contribution in [2.24, 2.45) is 0 Å². The van der Waals surface area contributed by atoms with Gasteiger partial charge >= 0.3 is 6.09 Å². The highest BCUT2D eigenvalue weighted by Crippen LogP contribution is 2.51. The van der Waals surface area contributed by atoms with Gasteiger partial charge in [-0.3, -0.25) is 0 Å². The van der Waals surface area contributed by atoms with E-state index in [1.807, 2.05) is 12.1 Å². The van der Waals surface area contributed by atoms with Crippen LogP contribution in [0.4, 0.5) is 4.79 Å². The molecule has 92 valence electrons. The fourth-order valence-electron chi connectivity index (χ4n) is 2.62. The number of nitriles is 1. The van der Waals surface area contributed by atoms with Gasteiger partial charge in [0.2, 0.25) is 0 Å². The Morgan fingerprint density at radius 1 is 1.50 bits per heavy atom. The minimum atomic E-state index is -0.890. The highest BCUT2D eigenvalue weighted by Gasteiger charge is 2.60. The first-order chi connectivity index (χ1) is 8.65. The Balaban J connectivity index is 1.79. The van der Waals surface area contributed by atoms with E-state index in [1.165, 1.54) is 4.90 Å². The van der Waals surface area contributed by atoms with Crippen molar-refractivity contribution in [3.63, 3.8) is 0 Å². The number of amides is 1. The number of ether oxygens (including phenoxy) is 1. The van der Waals surface area contributed by atoms with Gasteiger partial charge in [-0.2, -0.15) is 5.26 Å². The van der Waals surface area contributed by atoms with Crippen LogP contribution < -0.4 is 0 Å². The van der Waals surface area contributed by atoms with E-state index < -0.39 is 6.09 Å². The summed E-state index contributed by atoms with van der Waals surface area (Å²) in [6.07, 6.45) is -0.259. The summed E-state index contributed by atoms with van der Waals surface area (Å²) >= 11 is 0. The van der Waals surface area contributed by atoms with Gasteiger partial charge in [-0.1, -0.05) is 12.1 Å². The summed E-state index contributed by atoms with van der Waals surface area (Å²) in [5.41, 5.74) is 1.34. The predicted molar refractivity (Wildman–Crippen MR) is 61.9 cm³/mol. The Morgan fingerprint density at radius 2 is 2.22 bits per heavy atom. The molecule has 0 bridgehead atoms. The number of nitrogens with zero attached hydrogens (tertiary/aromatic N) is 2. The van der Waals surface area contributed by atoms with Gasteiger partial charge in [0.05, 0.1) is 18.2 Å².